The Labute approximate surface area is 528 Å². The quantitative estimate of drug-likeness (QED) is 0.0633. The first-order valence-electron chi connectivity index (χ1n) is 29.6. The van der Waals surface area contributed by atoms with E-state index in [-0.39, 0.29) is 108 Å². The second kappa shape index (κ2) is 25.9. The van der Waals surface area contributed by atoms with E-state index >= 15 is 24.0 Å². The topological polar surface area (TPSA) is 346 Å². The van der Waals surface area contributed by atoms with Gasteiger partial charge in [-0.15, -0.1) is 0 Å². The number of likely N-dealkylation sites (N-methyl/N-ethyl adjacent to an activating group) is 1. The van der Waals surface area contributed by atoms with Crippen molar-refractivity contribution >= 4 is 41.5 Å². The van der Waals surface area contributed by atoms with Crippen molar-refractivity contribution in [2.24, 2.45) is 5.92 Å². The summed E-state index contributed by atoms with van der Waals surface area (Å²) >= 11 is 0. The molecule has 0 aliphatic carbocycles. The van der Waals surface area contributed by atoms with Crippen LogP contribution < -0.4 is 35.5 Å². The van der Waals surface area contributed by atoms with E-state index < -0.39 is 126 Å². The summed E-state index contributed by atoms with van der Waals surface area (Å²) in [7, 11) is 2.84. The number of ketones is 3. The van der Waals surface area contributed by atoms with Crippen LogP contribution in [0.1, 0.15) is 140 Å². The van der Waals surface area contributed by atoms with Crippen molar-refractivity contribution in [3.05, 3.63) is 175 Å². The van der Waals surface area contributed by atoms with Crippen LogP contribution in [-0.4, -0.2) is 97.5 Å². The highest BCUT2D eigenvalue weighted by Crippen LogP contribution is 2.51. The molecule has 0 fully saturated rings. The fraction of sp³-hybridized carbons (Fsp3) is 0.300. The van der Waals surface area contributed by atoms with Crippen molar-refractivity contribution < 1.29 is 88.3 Å². The van der Waals surface area contributed by atoms with Gasteiger partial charge < -0.3 is 76.0 Å². The monoisotopic (exact) mass is 1250 g/mol. The largest absolute Gasteiger partial charge is 0.508 e. The lowest BCUT2D eigenvalue weighted by atomic mass is 9.79. The third kappa shape index (κ3) is 12.3. The molecule has 0 saturated heterocycles. The first-order chi connectivity index (χ1) is 43.7. The van der Waals surface area contributed by atoms with Crippen LogP contribution in [0, 0.1) is 54.4 Å². The number of hydrogen-bond acceptors (Lipinski definition) is 19. The summed E-state index contributed by atoms with van der Waals surface area (Å²) < 4.78 is 24.9. The van der Waals surface area contributed by atoms with Gasteiger partial charge in [0.25, 0.3) is 6.47 Å². The lowest BCUT2D eigenvalue weighted by Gasteiger charge is -2.31. The van der Waals surface area contributed by atoms with Crippen molar-refractivity contribution in [1.82, 2.24) is 21.3 Å². The second-order valence-corrected chi connectivity index (χ2v) is 23.8. The number of rotatable bonds is 8. The Kier molecular flexibility index (Phi) is 18.2. The van der Waals surface area contributed by atoms with Gasteiger partial charge in [0.15, 0.2) is 23.1 Å². The molecule has 0 aromatic heterocycles. The highest BCUT2D eigenvalue weighted by Gasteiger charge is 2.42. The molecular formula is C70H70N4O18. The van der Waals surface area contributed by atoms with Crippen molar-refractivity contribution in [2.45, 2.75) is 116 Å². The Morgan fingerprint density at radius 2 is 1.13 bits per heavy atom. The standard InChI is InChI=1S/C70H70N4O18/c1-30-18-38-12-16-51(30)91-53-24-42-25-54(66(53)89-9)92-52-17-13-39(19-31(52)2)65(85)59(73-69(88)58(71-8)37-10-14-43(76)15-11-37)50(79)27-45(40-20-32(3)60(80)33(4)21-40)67(86)72-57(42)49(78)26-44-41-22-34(5)61(81)46(23-41)56-55(35(6)62(82)36(7)63(56)83)70(90-29-75)74-68(87)47(64(38)84)28-48(44)77/h10-25,29,44-45,47,57-59,64-65,70-71,76,80-85H,26-28H2,1-9H3,(H,72,86)(H,73,88)(H,74,87)/t44-,45?,47-,57+,58+,59-,64+,65+,70+/m0/s1. The Bertz CT molecular complexity index is 4160. The number of fused-ring (bicyclic) bond motifs is 15. The number of ether oxygens (including phenoxy) is 4. The second-order valence-electron chi connectivity index (χ2n) is 23.8. The molecule has 92 heavy (non-hydrogen) atoms. The van der Waals surface area contributed by atoms with Crippen LogP contribution in [0.2, 0.25) is 0 Å². The van der Waals surface area contributed by atoms with E-state index in [9.17, 15) is 45.3 Å². The number of aliphatic hydroxyl groups is 2. The van der Waals surface area contributed by atoms with Gasteiger partial charge in [0.1, 0.15) is 70.3 Å². The van der Waals surface area contributed by atoms with Crippen LogP contribution >= 0.6 is 0 Å². The zero-order chi connectivity index (χ0) is 66.5. The van der Waals surface area contributed by atoms with Gasteiger partial charge in [0.05, 0.1) is 25.0 Å². The van der Waals surface area contributed by atoms with Crippen molar-refractivity contribution in [3.63, 3.8) is 0 Å². The zero-order valence-corrected chi connectivity index (χ0v) is 51.8. The molecule has 5 aliphatic rings. The average molecular weight is 1260 g/mol. The van der Waals surface area contributed by atoms with Gasteiger partial charge in [-0.3, -0.25) is 33.6 Å². The maximum Gasteiger partial charge on any atom is 0.295 e. The molecule has 22 nitrogen and oxygen atoms in total. The molecule has 0 spiro atoms. The molecular weight excluding hydrogens is 1180 g/mol. The maximum atomic E-state index is 16.2. The number of aromatic hydroxyl groups is 5. The van der Waals surface area contributed by atoms with Gasteiger partial charge in [0.2, 0.25) is 29.7 Å². The minimum Gasteiger partial charge on any atom is -0.508 e. The number of aryl methyl sites for hydroxylation is 5. The molecule has 7 aromatic carbocycles. The Balaban J connectivity index is 1.22. The lowest BCUT2D eigenvalue weighted by molar-refractivity contribution is -0.143. The van der Waals surface area contributed by atoms with Gasteiger partial charge >= 0.3 is 0 Å². The molecule has 7 aromatic rings. The summed E-state index contributed by atoms with van der Waals surface area (Å²) in [4.78, 5) is 105. The first-order valence-corrected chi connectivity index (χ1v) is 29.6. The molecule has 0 radical (unpaired) electrons. The van der Waals surface area contributed by atoms with Gasteiger partial charge in [-0.25, -0.2) is 0 Å². The number of nitrogens with one attached hydrogen (secondary N) is 4. The minimum absolute atomic E-state index is 0.00482. The molecule has 478 valence electrons. The van der Waals surface area contributed by atoms with Gasteiger partial charge in [-0.2, -0.15) is 0 Å². The number of aliphatic hydroxyl groups excluding tert-OH is 2. The number of phenolic OH excluding ortho intramolecular Hbond substituents is 5. The van der Waals surface area contributed by atoms with Crippen molar-refractivity contribution in [2.75, 3.05) is 14.2 Å². The molecule has 9 atom stereocenters. The van der Waals surface area contributed by atoms with E-state index in [1.165, 1.54) is 126 Å². The SMILES string of the molecule is CN[C@@H](C(=O)N[C@H]1C(=O)CC(c2cc(C)c(O)c(C)c2)C(=O)N[C@H]2C(=O)C[C@@H]3C(=O)C[C@H](C(=O)N[C@H](OC=O)c4c(C)c(O)c(C)c(O)c4-c4cc3cc(C)c4O)[C@H](O)c3ccc(c(C)c3)Oc3cc2cc(c3OC)Oc2ccc(cc2C)[C@H]1O)c1ccc(O)cc1. The molecule has 0 saturated carbocycles. The summed E-state index contributed by atoms with van der Waals surface area (Å²) in [5.74, 6) is -11.9. The van der Waals surface area contributed by atoms with Crippen LogP contribution in [-0.2, 0) is 38.3 Å². The molecule has 3 amide bonds. The molecule has 12 rings (SSSR count). The minimum atomic E-state index is -1.85. The van der Waals surface area contributed by atoms with Gasteiger partial charge in [-0.1, -0.05) is 42.5 Å². The number of benzene rings is 7. The van der Waals surface area contributed by atoms with Gasteiger partial charge in [0, 0.05) is 53.0 Å². The highest BCUT2D eigenvalue weighted by molar-refractivity contribution is 6.01. The number of amides is 3. The fourth-order valence-corrected chi connectivity index (χ4v) is 12.6. The Hall–Kier alpha value is -10.3. The summed E-state index contributed by atoms with van der Waals surface area (Å²) in [5.41, 5.74) is 1.61. The lowest BCUT2D eigenvalue weighted by Crippen LogP contribution is -2.49. The zero-order valence-electron chi connectivity index (χ0n) is 51.8. The van der Waals surface area contributed by atoms with Crippen molar-refractivity contribution in [3.8, 4) is 68.6 Å². The molecule has 5 heterocycles. The van der Waals surface area contributed by atoms with E-state index in [2.05, 4.69) is 21.3 Å². The molecule has 11 bridgehead atoms. The Morgan fingerprint density at radius 1 is 0.576 bits per heavy atom. The molecule has 1 unspecified atom stereocenters. The summed E-state index contributed by atoms with van der Waals surface area (Å²) in [6, 6.07) is 18.6. The van der Waals surface area contributed by atoms with Crippen LogP contribution in [0.5, 0.6) is 57.5 Å². The summed E-state index contributed by atoms with van der Waals surface area (Å²) in [6.45, 7) is 10.8. The predicted molar refractivity (Wildman–Crippen MR) is 333 cm³/mol. The number of methoxy groups -OCH3 is 1. The smallest absolute Gasteiger partial charge is 0.295 e. The van der Waals surface area contributed by atoms with Crippen LogP contribution in [0.25, 0.3) is 11.1 Å². The number of carbonyl (C=O) groups excluding carboxylic acids is 7. The van der Waals surface area contributed by atoms with Crippen molar-refractivity contribution in [1.29, 1.82) is 0 Å². The molecule has 5 aliphatic heterocycles. The average Bonchev–Trinajstić information content (AvgIpc) is 0.753. The van der Waals surface area contributed by atoms with Crippen LogP contribution in [0.4, 0.5) is 0 Å². The highest BCUT2D eigenvalue weighted by atomic mass is 16.5. The number of phenols is 5. The van der Waals surface area contributed by atoms with E-state index in [4.69, 9.17) is 18.9 Å². The third-order valence-electron chi connectivity index (χ3n) is 17.7. The molecule has 22 heteroatoms. The normalized spacial score (nSPS) is 21.2. The summed E-state index contributed by atoms with van der Waals surface area (Å²) in [5, 5.41) is 92.7. The first kappa shape index (κ1) is 64.7. The van der Waals surface area contributed by atoms with Gasteiger partial charge in [-0.05, 0) is 171 Å². The van der Waals surface area contributed by atoms with Crippen LogP contribution in [0.3, 0.4) is 0 Å². The van der Waals surface area contributed by atoms with E-state index in [0.29, 0.717) is 27.8 Å². The van der Waals surface area contributed by atoms with E-state index in [1.54, 1.807) is 33.8 Å². The molecule has 11 N–H and O–H groups in total. The number of Topliss-reactive ketones (excluding diaryl/α,β-unsaturated/α-hetero) is 3. The third-order valence-corrected chi connectivity index (χ3v) is 17.7. The number of hydrogen-bond donors (Lipinski definition) is 11. The number of carbonyl (C=O) groups is 7. The maximum absolute atomic E-state index is 16.2. The van der Waals surface area contributed by atoms with E-state index in [0.717, 1.165) is 0 Å². The predicted octanol–water partition coefficient (Wildman–Crippen LogP) is 8.69. The Morgan fingerprint density at radius 3 is 1.70 bits per heavy atom. The van der Waals surface area contributed by atoms with Crippen LogP contribution in [0.15, 0.2) is 97.1 Å². The summed E-state index contributed by atoms with van der Waals surface area (Å²) in [6.07, 6.45) is -7.81. The van der Waals surface area contributed by atoms with E-state index in [1.807, 2.05) is 0 Å². The fourth-order valence-electron chi connectivity index (χ4n) is 12.6.